The largest absolute Gasteiger partial charge is 0.493 e. The van der Waals surface area contributed by atoms with Crippen molar-refractivity contribution in [3.63, 3.8) is 0 Å². The number of methoxy groups -OCH3 is 3. The van der Waals surface area contributed by atoms with Crippen LogP contribution in [0.3, 0.4) is 0 Å². The number of furan rings is 1. The van der Waals surface area contributed by atoms with Crippen LogP contribution in [-0.4, -0.2) is 27.2 Å². The highest BCUT2D eigenvalue weighted by Crippen LogP contribution is 2.38. The molecule has 0 saturated carbocycles. The van der Waals surface area contributed by atoms with Crippen molar-refractivity contribution in [3.8, 4) is 17.2 Å². The Morgan fingerprint density at radius 2 is 1.69 bits per heavy atom. The normalized spacial score (nSPS) is 10.6. The summed E-state index contributed by atoms with van der Waals surface area (Å²) in [4.78, 5) is 12.4. The molecule has 0 radical (unpaired) electrons. The van der Waals surface area contributed by atoms with Crippen molar-refractivity contribution < 1.29 is 23.4 Å². The Labute approximate surface area is 151 Å². The zero-order valence-corrected chi connectivity index (χ0v) is 15.2. The smallest absolute Gasteiger partial charge is 0.287 e. The predicted octanol–water partition coefficient (Wildman–Crippen LogP) is 3.70. The maximum atomic E-state index is 12.4. The van der Waals surface area contributed by atoms with Gasteiger partial charge in [0.25, 0.3) is 5.91 Å². The van der Waals surface area contributed by atoms with Crippen LogP contribution in [0.15, 0.2) is 40.8 Å². The number of nitrogens with one attached hydrogen (secondary N) is 1. The lowest BCUT2D eigenvalue weighted by Crippen LogP contribution is -2.22. The maximum absolute atomic E-state index is 12.4. The van der Waals surface area contributed by atoms with Crippen LogP contribution in [0.4, 0.5) is 0 Å². The van der Waals surface area contributed by atoms with Gasteiger partial charge in [-0.2, -0.15) is 0 Å². The average Bonchev–Trinajstić information content (AvgIpc) is 3.08. The van der Waals surface area contributed by atoms with Crippen LogP contribution in [0, 0.1) is 6.92 Å². The molecule has 0 spiro atoms. The van der Waals surface area contributed by atoms with Crippen LogP contribution >= 0.6 is 0 Å². The fourth-order valence-corrected chi connectivity index (χ4v) is 2.78. The van der Waals surface area contributed by atoms with Gasteiger partial charge in [-0.3, -0.25) is 4.79 Å². The molecular formula is C20H21NO5. The van der Waals surface area contributed by atoms with E-state index in [0.29, 0.717) is 29.4 Å². The molecule has 3 rings (SSSR count). The van der Waals surface area contributed by atoms with E-state index in [-0.39, 0.29) is 11.7 Å². The fourth-order valence-electron chi connectivity index (χ4n) is 2.78. The van der Waals surface area contributed by atoms with Crippen molar-refractivity contribution in [1.82, 2.24) is 5.32 Å². The summed E-state index contributed by atoms with van der Waals surface area (Å²) in [5.74, 6) is 1.58. The number of hydrogen-bond acceptors (Lipinski definition) is 5. The van der Waals surface area contributed by atoms with Crippen LogP contribution in [0.1, 0.15) is 21.7 Å². The van der Waals surface area contributed by atoms with Gasteiger partial charge in [0.1, 0.15) is 5.58 Å². The van der Waals surface area contributed by atoms with Gasteiger partial charge in [0.2, 0.25) is 5.75 Å². The van der Waals surface area contributed by atoms with Crippen molar-refractivity contribution in [2.75, 3.05) is 21.3 Å². The van der Waals surface area contributed by atoms with Crippen LogP contribution in [0.5, 0.6) is 17.2 Å². The quantitative estimate of drug-likeness (QED) is 0.730. The molecule has 0 aliphatic rings. The molecule has 26 heavy (non-hydrogen) atoms. The second-order valence-electron chi connectivity index (χ2n) is 5.87. The zero-order valence-electron chi connectivity index (χ0n) is 15.2. The number of carbonyl (C=O) groups excluding carboxylic acids is 1. The third-order valence-corrected chi connectivity index (χ3v) is 4.07. The lowest BCUT2D eigenvalue weighted by Gasteiger charge is -2.14. The van der Waals surface area contributed by atoms with E-state index in [2.05, 4.69) is 5.32 Å². The number of aryl methyl sites for hydroxylation is 1. The number of ether oxygens (including phenoxy) is 3. The molecule has 0 aliphatic heterocycles. The zero-order chi connectivity index (χ0) is 18.7. The van der Waals surface area contributed by atoms with Gasteiger partial charge in [-0.1, -0.05) is 11.6 Å². The molecule has 6 heteroatoms. The van der Waals surface area contributed by atoms with Crippen molar-refractivity contribution in [2.45, 2.75) is 13.5 Å². The Morgan fingerprint density at radius 1 is 1.00 bits per heavy atom. The van der Waals surface area contributed by atoms with Gasteiger partial charge >= 0.3 is 0 Å². The summed E-state index contributed by atoms with van der Waals surface area (Å²) in [5, 5.41) is 3.75. The Hall–Kier alpha value is -3.15. The van der Waals surface area contributed by atoms with E-state index in [1.165, 1.54) is 0 Å². The first-order chi connectivity index (χ1) is 12.5. The van der Waals surface area contributed by atoms with Gasteiger partial charge in [-0.05, 0) is 42.8 Å². The summed E-state index contributed by atoms with van der Waals surface area (Å²) in [5.41, 5.74) is 2.62. The molecule has 0 unspecified atom stereocenters. The maximum Gasteiger partial charge on any atom is 0.287 e. The molecule has 1 aromatic heterocycles. The van der Waals surface area contributed by atoms with Gasteiger partial charge in [-0.15, -0.1) is 0 Å². The Bertz CT molecular complexity index is 920. The minimum absolute atomic E-state index is 0.276. The molecular weight excluding hydrogens is 334 g/mol. The van der Waals surface area contributed by atoms with Crippen LogP contribution in [-0.2, 0) is 6.54 Å². The molecule has 136 valence electrons. The number of amides is 1. The lowest BCUT2D eigenvalue weighted by atomic mass is 10.1. The Kier molecular flexibility index (Phi) is 5.02. The molecule has 0 atom stereocenters. The van der Waals surface area contributed by atoms with E-state index < -0.39 is 0 Å². The van der Waals surface area contributed by atoms with E-state index >= 15 is 0 Å². The molecule has 2 aromatic carbocycles. The summed E-state index contributed by atoms with van der Waals surface area (Å²) < 4.78 is 21.6. The van der Waals surface area contributed by atoms with Gasteiger partial charge in [0.05, 0.1) is 21.3 Å². The highest BCUT2D eigenvalue weighted by Gasteiger charge is 2.15. The first-order valence-electron chi connectivity index (χ1n) is 8.13. The molecule has 1 amide bonds. The molecule has 6 nitrogen and oxygen atoms in total. The third-order valence-electron chi connectivity index (χ3n) is 4.07. The third kappa shape index (κ3) is 3.44. The van der Waals surface area contributed by atoms with E-state index in [1.54, 1.807) is 39.5 Å². The van der Waals surface area contributed by atoms with E-state index in [1.807, 2.05) is 25.1 Å². The van der Waals surface area contributed by atoms with Crippen molar-refractivity contribution in [1.29, 1.82) is 0 Å². The SMILES string of the molecule is COc1cc(CNC(=O)c2cc3cc(C)ccc3o2)cc(OC)c1OC. The highest BCUT2D eigenvalue weighted by atomic mass is 16.5. The highest BCUT2D eigenvalue weighted by molar-refractivity contribution is 5.96. The molecule has 0 aliphatic carbocycles. The van der Waals surface area contributed by atoms with Gasteiger partial charge in [-0.25, -0.2) is 0 Å². The number of hydrogen-bond donors (Lipinski definition) is 1. The number of fused-ring (bicyclic) bond motifs is 1. The first-order valence-corrected chi connectivity index (χ1v) is 8.13. The van der Waals surface area contributed by atoms with Gasteiger partial charge in [0.15, 0.2) is 17.3 Å². The van der Waals surface area contributed by atoms with Gasteiger partial charge in [0, 0.05) is 11.9 Å². The number of rotatable bonds is 6. The first kappa shape index (κ1) is 17.7. The summed E-state index contributed by atoms with van der Waals surface area (Å²) in [7, 11) is 4.65. The summed E-state index contributed by atoms with van der Waals surface area (Å²) >= 11 is 0. The number of carbonyl (C=O) groups is 1. The van der Waals surface area contributed by atoms with Crippen molar-refractivity contribution in [3.05, 3.63) is 53.3 Å². The lowest BCUT2D eigenvalue weighted by molar-refractivity contribution is 0.0925. The summed E-state index contributed by atoms with van der Waals surface area (Å²) in [6, 6.07) is 11.1. The minimum Gasteiger partial charge on any atom is -0.493 e. The topological polar surface area (TPSA) is 69.9 Å². The second kappa shape index (κ2) is 7.39. The number of benzene rings is 2. The molecule has 0 saturated heterocycles. The molecule has 1 N–H and O–H groups in total. The summed E-state index contributed by atoms with van der Waals surface area (Å²) in [6.07, 6.45) is 0. The fraction of sp³-hybridized carbons (Fsp3) is 0.250. The van der Waals surface area contributed by atoms with Crippen LogP contribution < -0.4 is 19.5 Å². The van der Waals surface area contributed by atoms with Crippen LogP contribution in [0.25, 0.3) is 11.0 Å². The van der Waals surface area contributed by atoms with Crippen molar-refractivity contribution >= 4 is 16.9 Å². The van der Waals surface area contributed by atoms with E-state index in [9.17, 15) is 4.79 Å². The Balaban J connectivity index is 1.78. The monoisotopic (exact) mass is 355 g/mol. The van der Waals surface area contributed by atoms with E-state index in [0.717, 1.165) is 16.5 Å². The molecule has 0 fully saturated rings. The van der Waals surface area contributed by atoms with E-state index in [4.69, 9.17) is 18.6 Å². The second-order valence-corrected chi connectivity index (χ2v) is 5.87. The molecule has 3 aromatic rings. The predicted molar refractivity (Wildman–Crippen MR) is 98.2 cm³/mol. The van der Waals surface area contributed by atoms with Crippen LogP contribution in [0.2, 0.25) is 0 Å². The standard InChI is InChI=1S/C20H21NO5/c1-12-5-6-15-14(7-12)10-18(26-15)20(22)21-11-13-8-16(23-2)19(25-4)17(9-13)24-3/h5-10H,11H2,1-4H3,(H,21,22). The van der Waals surface area contributed by atoms with Gasteiger partial charge < -0.3 is 23.9 Å². The average molecular weight is 355 g/mol. The molecule has 1 heterocycles. The van der Waals surface area contributed by atoms with Crippen molar-refractivity contribution in [2.24, 2.45) is 0 Å². The minimum atomic E-state index is -0.285. The Morgan fingerprint density at radius 3 is 2.31 bits per heavy atom. The molecule has 0 bridgehead atoms. The summed E-state index contributed by atoms with van der Waals surface area (Å²) in [6.45, 7) is 2.29.